The van der Waals surface area contributed by atoms with Gasteiger partial charge in [-0.2, -0.15) is 0 Å². The molecule has 5 heteroatoms. The molecule has 0 rings (SSSR count). The van der Waals surface area contributed by atoms with Gasteiger partial charge in [0.2, 0.25) is 0 Å². The van der Waals surface area contributed by atoms with Gasteiger partial charge >= 0.3 is 6.09 Å². The Bertz CT molecular complexity index is 190. The molecule has 0 aliphatic heterocycles. The molecular formula is C9H17F2NO2. The summed E-state index contributed by atoms with van der Waals surface area (Å²) in [5.74, 6) is 0. The Morgan fingerprint density at radius 2 is 1.93 bits per heavy atom. The lowest BCUT2D eigenvalue weighted by Crippen LogP contribution is -2.42. The van der Waals surface area contributed by atoms with Crippen LogP contribution in [0.1, 0.15) is 27.7 Å². The summed E-state index contributed by atoms with van der Waals surface area (Å²) in [5, 5.41) is 2.48. The lowest BCUT2D eigenvalue weighted by atomic mass is 9.88. The molecule has 0 aromatic rings. The third-order valence-corrected chi connectivity index (χ3v) is 1.97. The van der Waals surface area contributed by atoms with Gasteiger partial charge in [-0.15, -0.1) is 0 Å². The van der Waals surface area contributed by atoms with E-state index in [2.05, 4.69) is 10.1 Å². The van der Waals surface area contributed by atoms with Crippen molar-refractivity contribution in [3.63, 3.8) is 0 Å². The van der Waals surface area contributed by atoms with E-state index in [1.54, 1.807) is 6.92 Å². The molecule has 0 radical (unpaired) electrons. The van der Waals surface area contributed by atoms with Gasteiger partial charge < -0.3 is 10.1 Å². The van der Waals surface area contributed by atoms with Crippen molar-refractivity contribution >= 4 is 6.09 Å². The number of amides is 1. The molecule has 0 saturated carbocycles. The van der Waals surface area contributed by atoms with Crippen LogP contribution >= 0.6 is 0 Å². The molecule has 0 saturated heterocycles. The fraction of sp³-hybridized carbons (Fsp3) is 0.889. The molecule has 0 bridgehead atoms. The fourth-order valence-corrected chi connectivity index (χ4v) is 0.574. The molecule has 1 atom stereocenters. The van der Waals surface area contributed by atoms with Crippen LogP contribution < -0.4 is 5.32 Å². The number of alkyl halides is 2. The highest BCUT2D eigenvalue weighted by molar-refractivity contribution is 5.67. The topological polar surface area (TPSA) is 38.3 Å². The summed E-state index contributed by atoms with van der Waals surface area (Å²) in [6, 6.07) is -0.132. The van der Waals surface area contributed by atoms with Crippen molar-refractivity contribution < 1.29 is 18.3 Å². The van der Waals surface area contributed by atoms with Gasteiger partial charge in [0.15, 0.2) is 6.61 Å². The van der Waals surface area contributed by atoms with Gasteiger partial charge in [-0.25, -0.2) is 13.6 Å². The largest absolute Gasteiger partial charge is 0.443 e. The van der Waals surface area contributed by atoms with Crippen LogP contribution in [0.2, 0.25) is 0 Å². The number of nitrogens with one attached hydrogen (secondary N) is 1. The predicted octanol–water partition coefficient (Wildman–Crippen LogP) is 2.41. The summed E-state index contributed by atoms with van der Waals surface area (Å²) >= 11 is 0. The molecule has 0 aromatic heterocycles. The Kier molecular flexibility index (Phi) is 4.80. The number of rotatable bonds is 3. The lowest BCUT2D eigenvalue weighted by molar-refractivity contribution is 0.0459. The summed E-state index contributed by atoms with van der Waals surface area (Å²) in [4.78, 5) is 10.9. The maximum absolute atomic E-state index is 11.7. The molecule has 0 fully saturated rings. The zero-order valence-electron chi connectivity index (χ0n) is 8.93. The monoisotopic (exact) mass is 209 g/mol. The average molecular weight is 209 g/mol. The summed E-state index contributed by atoms with van der Waals surface area (Å²) in [5.41, 5.74) is -0.121. The predicted molar refractivity (Wildman–Crippen MR) is 49.4 cm³/mol. The van der Waals surface area contributed by atoms with E-state index in [-0.39, 0.29) is 11.5 Å². The number of ether oxygens (including phenoxy) is 1. The second kappa shape index (κ2) is 5.12. The SMILES string of the molecule is CC(NC(=O)OCC(F)F)C(C)(C)C. The fourth-order valence-electron chi connectivity index (χ4n) is 0.574. The Hall–Kier alpha value is -0.870. The zero-order valence-corrected chi connectivity index (χ0v) is 8.93. The van der Waals surface area contributed by atoms with E-state index in [0.29, 0.717) is 0 Å². The van der Waals surface area contributed by atoms with Crippen molar-refractivity contribution in [2.24, 2.45) is 5.41 Å². The summed E-state index contributed by atoms with van der Waals surface area (Å²) in [6.45, 7) is 6.74. The number of halogens is 2. The quantitative estimate of drug-likeness (QED) is 0.775. The second-order valence-corrected chi connectivity index (χ2v) is 4.22. The Morgan fingerprint density at radius 3 is 2.29 bits per heavy atom. The van der Waals surface area contributed by atoms with Crippen molar-refractivity contribution in [1.82, 2.24) is 5.32 Å². The van der Waals surface area contributed by atoms with Crippen LogP contribution in [0.3, 0.4) is 0 Å². The molecule has 0 aromatic carbocycles. The third kappa shape index (κ3) is 5.72. The highest BCUT2D eigenvalue weighted by Crippen LogP contribution is 2.18. The van der Waals surface area contributed by atoms with Gasteiger partial charge in [0.05, 0.1) is 0 Å². The average Bonchev–Trinajstić information content (AvgIpc) is 1.99. The molecule has 3 nitrogen and oxygen atoms in total. The van der Waals surface area contributed by atoms with Crippen molar-refractivity contribution in [1.29, 1.82) is 0 Å². The summed E-state index contributed by atoms with van der Waals surface area (Å²) < 4.78 is 27.6. The van der Waals surface area contributed by atoms with Crippen LogP contribution in [0.4, 0.5) is 13.6 Å². The van der Waals surface area contributed by atoms with E-state index in [0.717, 1.165) is 0 Å². The highest BCUT2D eigenvalue weighted by atomic mass is 19.3. The number of hydrogen-bond donors (Lipinski definition) is 1. The van der Waals surface area contributed by atoms with Gasteiger partial charge in [-0.05, 0) is 12.3 Å². The molecule has 1 amide bonds. The van der Waals surface area contributed by atoms with Crippen LogP contribution in [-0.2, 0) is 4.74 Å². The minimum atomic E-state index is -2.62. The van der Waals surface area contributed by atoms with Crippen LogP contribution in [-0.4, -0.2) is 25.2 Å². The molecule has 14 heavy (non-hydrogen) atoms. The van der Waals surface area contributed by atoms with Crippen molar-refractivity contribution in [3.05, 3.63) is 0 Å². The van der Waals surface area contributed by atoms with Gasteiger partial charge in [-0.3, -0.25) is 0 Å². The molecule has 0 aliphatic carbocycles. The van der Waals surface area contributed by atoms with Crippen molar-refractivity contribution in [3.8, 4) is 0 Å². The molecule has 0 heterocycles. The van der Waals surface area contributed by atoms with Gasteiger partial charge in [0, 0.05) is 6.04 Å². The van der Waals surface area contributed by atoms with Crippen LogP contribution in [0.25, 0.3) is 0 Å². The third-order valence-electron chi connectivity index (χ3n) is 1.97. The first-order valence-electron chi connectivity index (χ1n) is 4.45. The smallest absolute Gasteiger partial charge is 0.407 e. The molecule has 1 unspecified atom stereocenters. The first-order chi connectivity index (χ1) is 6.23. The van der Waals surface area contributed by atoms with Gasteiger partial charge in [-0.1, -0.05) is 20.8 Å². The van der Waals surface area contributed by atoms with E-state index in [1.807, 2.05) is 20.8 Å². The van der Waals surface area contributed by atoms with Crippen LogP contribution in [0.15, 0.2) is 0 Å². The van der Waals surface area contributed by atoms with Crippen molar-refractivity contribution in [2.45, 2.75) is 40.2 Å². The van der Waals surface area contributed by atoms with Crippen molar-refractivity contribution in [2.75, 3.05) is 6.61 Å². The Labute approximate surface area is 82.8 Å². The molecular weight excluding hydrogens is 192 g/mol. The minimum Gasteiger partial charge on any atom is -0.443 e. The lowest BCUT2D eigenvalue weighted by Gasteiger charge is -2.27. The van der Waals surface area contributed by atoms with E-state index < -0.39 is 19.1 Å². The first-order valence-corrected chi connectivity index (χ1v) is 4.45. The van der Waals surface area contributed by atoms with E-state index in [9.17, 15) is 13.6 Å². The van der Waals surface area contributed by atoms with Crippen LogP contribution in [0.5, 0.6) is 0 Å². The summed E-state index contributed by atoms with van der Waals surface area (Å²) in [7, 11) is 0. The maximum atomic E-state index is 11.7. The molecule has 84 valence electrons. The van der Waals surface area contributed by atoms with Crippen LogP contribution in [0, 0.1) is 5.41 Å². The number of carbonyl (C=O) groups excluding carboxylic acids is 1. The number of carbonyl (C=O) groups is 1. The number of alkyl carbamates (subject to hydrolysis) is 1. The number of hydrogen-bond acceptors (Lipinski definition) is 2. The highest BCUT2D eigenvalue weighted by Gasteiger charge is 2.22. The standard InChI is InChI=1S/C9H17F2NO2/c1-6(9(2,3)4)12-8(13)14-5-7(10)11/h6-7H,5H2,1-4H3,(H,12,13). The van der Waals surface area contributed by atoms with E-state index in [1.165, 1.54) is 0 Å². The van der Waals surface area contributed by atoms with Gasteiger partial charge in [0.1, 0.15) is 0 Å². The van der Waals surface area contributed by atoms with E-state index >= 15 is 0 Å². The second-order valence-electron chi connectivity index (χ2n) is 4.22. The summed E-state index contributed by atoms with van der Waals surface area (Å²) in [6.07, 6.45) is -3.42. The first kappa shape index (κ1) is 13.1. The maximum Gasteiger partial charge on any atom is 0.407 e. The zero-order chi connectivity index (χ0) is 11.4. The van der Waals surface area contributed by atoms with E-state index in [4.69, 9.17) is 0 Å². The Balaban J connectivity index is 3.84. The van der Waals surface area contributed by atoms with Gasteiger partial charge in [0.25, 0.3) is 6.43 Å². The minimum absolute atomic E-state index is 0.121. The Morgan fingerprint density at radius 1 is 1.43 bits per heavy atom. The molecule has 0 spiro atoms. The molecule has 1 N–H and O–H groups in total. The molecule has 0 aliphatic rings. The normalized spacial score (nSPS) is 13.9.